The summed E-state index contributed by atoms with van der Waals surface area (Å²) in [4.78, 5) is 2.66. The third kappa shape index (κ3) is 4.42. The van der Waals surface area contributed by atoms with E-state index in [1.54, 1.807) is 0 Å². The molecule has 3 nitrogen and oxygen atoms in total. The average Bonchev–Trinajstić information content (AvgIpc) is 2.83. The van der Waals surface area contributed by atoms with Crippen molar-refractivity contribution in [1.82, 2.24) is 14.8 Å². The summed E-state index contributed by atoms with van der Waals surface area (Å²) in [5.41, 5.74) is 2.85. The highest BCUT2D eigenvalue weighted by atomic mass is 35.5. The van der Waals surface area contributed by atoms with E-state index in [9.17, 15) is 0 Å². The van der Waals surface area contributed by atoms with Gasteiger partial charge in [0.15, 0.2) is 0 Å². The van der Waals surface area contributed by atoms with Gasteiger partial charge in [0.1, 0.15) is 0 Å². The van der Waals surface area contributed by atoms with Gasteiger partial charge in [-0.25, -0.2) is 0 Å². The molecule has 2 heterocycles. The van der Waals surface area contributed by atoms with Crippen molar-refractivity contribution in [2.24, 2.45) is 13.0 Å². The molecular weight excluding hydrogens is 329 g/mol. The van der Waals surface area contributed by atoms with Crippen LogP contribution >= 0.6 is 24.8 Å². The molecule has 1 aromatic heterocycles. The van der Waals surface area contributed by atoms with Crippen molar-refractivity contribution >= 4 is 35.7 Å². The maximum atomic E-state index is 3.47. The molecule has 0 bridgehead atoms. The second-order valence-corrected chi connectivity index (χ2v) is 6.64. The van der Waals surface area contributed by atoms with Crippen molar-refractivity contribution < 1.29 is 0 Å². The predicted octanol–water partition coefficient (Wildman–Crippen LogP) is 4.01. The lowest BCUT2D eigenvalue weighted by Gasteiger charge is -2.36. The summed E-state index contributed by atoms with van der Waals surface area (Å²) in [6.07, 6.45) is 3.58. The van der Waals surface area contributed by atoms with E-state index in [0.717, 1.165) is 26.2 Å². The number of nitrogens with one attached hydrogen (secondary N) is 1. The highest BCUT2D eigenvalue weighted by Crippen LogP contribution is 2.34. The molecule has 1 aliphatic rings. The predicted molar refractivity (Wildman–Crippen MR) is 104 cm³/mol. The van der Waals surface area contributed by atoms with Crippen molar-refractivity contribution in [3.8, 4) is 0 Å². The molecule has 1 N–H and O–H groups in total. The standard InChI is InChI=1S/C18H27N3.2ClH/c1-14(2)12-18(21-10-8-19-9-11-21)16-13-20(3)17-7-5-4-6-15(16)17;;/h4-7,13-14,18-19H,8-12H2,1-3H3;2*1H/t18-;;/m1../s1. The third-order valence-corrected chi connectivity index (χ3v) is 4.57. The number of piperazine rings is 1. The van der Waals surface area contributed by atoms with Crippen molar-refractivity contribution in [2.75, 3.05) is 26.2 Å². The number of halogens is 2. The Morgan fingerprint density at radius 3 is 2.39 bits per heavy atom. The maximum absolute atomic E-state index is 3.47. The molecule has 0 radical (unpaired) electrons. The van der Waals surface area contributed by atoms with Crippen molar-refractivity contribution in [1.29, 1.82) is 0 Å². The summed E-state index contributed by atoms with van der Waals surface area (Å²) in [7, 11) is 2.16. The number of hydrogen-bond acceptors (Lipinski definition) is 2. The summed E-state index contributed by atoms with van der Waals surface area (Å²) in [5.74, 6) is 0.712. The van der Waals surface area contributed by atoms with E-state index in [-0.39, 0.29) is 24.8 Å². The van der Waals surface area contributed by atoms with Gasteiger partial charge in [-0.3, -0.25) is 4.90 Å². The largest absolute Gasteiger partial charge is 0.350 e. The van der Waals surface area contributed by atoms with Gasteiger partial charge in [-0.2, -0.15) is 0 Å². The summed E-state index contributed by atoms with van der Waals surface area (Å²) in [6, 6.07) is 9.34. The molecule has 0 unspecified atom stereocenters. The highest BCUT2D eigenvalue weighted by Gasteiger charge is 2.25. The Morgan fingerprint density at radius 1 is 1.09 bits per heavy atom. The van der Waals surface area contributed by atoms with E-state index in [0.29, 0.717) is 12.0 Å². The van der Waals surface area contributed by atoms with Crippen molar-refractivity contribution in [2.45, 2.75) is 26.3 Å². The molecule has 0 amide bonds. The number of fused-ring (bicyclic) bond motifs is 1. The highest BCUT2D eigenvalue weighted by molar-refractivity contribution is 5.86. The summed E-state index contributed by atoms with van der Waals surface area (Å²) >= 11 is 0. The van der Waals surface area contributed by atoms with Crippen molar-refractivity contribution in [3.05, 3.63) is 36.0 Å². The molecule has 1 atom stereocenters. The fourth-order valence-corrected chi connectivity index (χ4v) is 3.55. The Labute approximate surface area is 152 Å². The number of benzene rings is 1. The van der Waals surface area contributed by atoms with Gasteiger partial charge >= 0.3 is 0 Å². The number of aryl methyl sites for hydroxylation is 1. The van der Waals surface area contributed by atoms with Crippen LogP contribution in [0.25, 0.3) is 10.9 Å². The second kappa shape index (κ2) is 8.93. The Balaban J connectivity index is 0.00000132. The summed E-state index contributed by atoms with van der Waals surface area (Å²) in [6.45, 7) is 9.20. The zero-order valence-corrected chi connectivity index (χ0v) is 15.9. The molecule has 3 rings (SSSR count). The van der Waals surface area contributed by atoms with Crippen molar-refractivity contribution in [3.63, 3.8) is 0 Å². The Hall–Kier alpha value is -0.740. The minimum atomic E-state index is 0. The first kappa shape index (κ1) is 20.3. The van der Waals surface area contributed by atoms with Crippen LogP contribution in [0.15, 0.2) is 30.5 Å². The molecule has 0 aliphatic carbocycles. The summed E-state index contributed by atoms with van der Waals surface area (Å²) < 4.78 is 2.28. The monoisotopic (exact) mass is 357 g/mol. The Kier molecular flexibility index (Phi) is 7.88. The Bertz CT molecular complexity index is 603. The number of aromatic nitrogens is 1. The minimum absolute atomic E-state index is 0. The first-order chi connectivity index (χ1) is 10.2. The molecule has 5 heteroatoms. The zero-order valence-electron chi connectivity index (χ0n) is 14.3. The van der Waals surface area contributed by atoms with Crippen LogP contribution in [0.2, 0.25) is 0 Å². The van der Waals surface area contributed by atoms with Gasteiger partial charge in [-0.15, -0.1) is 24.8 Å². The third-order valence-electron chi connectivity index (χ3n) is 4.57. The van der Waals surface area contributed by atoms with Crippen LogP contribution in [0, 0.1) is 5.92 Å². The van der Waals surface area contributed by atoms with Gasteiger partial charge in [0, 0.05) is 56.4 Å². The lowest BCUT2D eigenvalue weighted by molar-refractivity contribution is 0.155. The van der Waals surface area contributed by atoms with E-state index in [4.69, 9.17) is 0 Å². The van der Waals surface area contributed by atoms with Gasteiger partial charge in [-0.1, -0.05) is 32.0 Å². The van der Waals surface area contributed by atoms with E-state index in [1.807, 2.05) is 0 Å². The maximum Gasteiger partial charge on any atom is 0.0481 e. The molecule has 1 fully saturated rings. The van der Waals surface area contributed by atoms with Gasteiger partial charge in [0.05, 0.1) is 0 Å². The van der Waals surface area contributed by atoms with Gasteiger partial charge in [0.25, 0.3) is 0 Å². The van der Waals surface area contributed by atoms with Crippen LogP contribution in [-0.2, 0) is 7.05 Å². The first-order valence-electron chi connectivity index (χ1n) is 8.15. The number of hydrogen-bond donors (Lipinski definition) is 1. The van der Waals surface area contributed by atoms with Gasteiger partial charge < -0.3 is 9.88 Å². The minimum Gasteiger partial charge on any atom is -0.350 e. The molecule has 1 aromatic carbocycles. The Morgan fingerprint density at radius 2 is 1.74 bits per heavy atom. The van der Waals surface area contributed by atoms with Crippen LogP contribution in [0.1, 0.15) is 31.9 Å². The first-order valence-corrected chi connectivity index (χ1v) is 8.15. The topological polar surface area (TPSA) is 20.2 Å². The smallest absolute Gasteiger partial charge is 0.0481 e. The molecule has 130 valence electrons. The lowest BCUT2D eigenvalue weighted by Crippen LogP contribution is -2.45. The molecule has 0 spiro atoms. The SMILES string of the molecule is CC(C)C[C@H](c1cn(C)c2ccccc12)N1CCNCC1.Cl.Cl. The molecule has 2 aromatic rings. The van der Waals surface area contributed by atoms with E-state index in [2.05, 4.69) is 66.1 Å². The fourth-order valence-electron chi connectivity index (χ4n) is 3.55. The average molecular weight is 358 g/mol. The fraction of sp³-hybridized carbons (Fsp3) is 0.556. The van der Waals surface area contributed by atoms with Crippen LogP contribution in [0.3, 0.4) is 0 Å². The normalized spacial score (nSPS) is 16.9. The van der Waals surface area contributed by atoms with E-state index in [1.165, 1.54) is 22.9 Å². The lowest BCUT2D eigenvalue weighted by atomic mass is 9.94. The van der Waals surface area contributed by atoms with E-state index >= 15 is 0 Å². The summed E-state index contributed by atoms with van der Waals surface area (Å²) in [5, 5.41) is 4.89. The molecular formula is C18H29Cl2N3. The van der Waals surface area contributed by atoms with Crippen LogP contribution in [0.5, 0.6) is 0 Å². The molecule has 1 saturated heterocycles. The number of rotatable bonds is 4. The molecule has 1 aliphatic heterocycles. The van der Waals surface area contributed by atoms with Gasteiger partial charge in [0.2, 0.25) is 0 Å². The van der Waals surface area contributed by atoms with Crippen LogP contribution in [-0.4, -0.2) is 35.6 Å². The van der Waals surface area contributed by atoms with Crippen LogP contribution in [0.4, 0.5) is 0 Å². The quantitative estimate of drug-likeness (QED) is 0.891. The number of para-hydroxylation sites is 1. The van der Waals surface area contributed by atoms with E-state index < -0.39 is 0 Å². The molecule has 23 heavy (non-hydrogen) atoms. The second-order valence-electron chi connectivity index (χ2n) is 6.64. The molecule has 0 saturated carbocycles. The van der Waals surface area contributed by atoms with Crippen LogP contribution < -0.4 is 5.32 Å². The zero-order chi connectivity index (χ0) is 14.8. The number of nitrogens with zero attached hydrogens (tertiary/aromatic N) is 2. The van der Waals surface area contributed by atoms with Gasteiger partial charge in [-0.05, 0) is 24.0 Å².